The number of hydrogen-bond acceptors (Lipinski definition) is 8. The number of aromatic nitrogens is 5. The Kier molecular flexibility index (Phi) is 4.31. The van der Waals surface area contributed by atoms with E-state index in [1.54, 1.807) is 36.6 Å². The van der Waals surface area contributed by atoms with E-state index in [0.717, 1.165) is 5.56 Å². The number of nitrogens with zero attached hydrogens (tertiary/aromatic N) is 5. The van der Waals surface area contributed by atoms with Crippen molar-refractivity contribution in [3.63, 3.8) is 0 Å². The largest absolute Gasteiger partial charge is 0.482 e. The zero-order chi connectivity index (χ0) is 20.7. The molecule has 5 rings (SSSR count). The zero-order valence-electron chi connectivity index (χ0n) is 16.3. The minimum Gasteiger partial charge on any atom is -0.482 e. The van der Waals surface area contributed by atoms with E-state index in [4.69, 9.17) is 14.0 Å². The molecule has 10 nitrogen and oxygen atoms in total. The maximum Gasteiger partial charge on any atom is 0.265 e. The van der Waals surface area contributed by atoms with Gasteiger partial charge in [-0.2, -0.15) is 4.98 Å². The minimum atomic E-state index is -0.758. The molecular formula is C20H18N6O4. The smallest absolute Gasteiger partial charge is 0.265 e. The van der Waals surface area contributed by atoms with Crippen molar-refractivity contribution in [2.24, 2.45) is 0 Å². The number of aryl methyl sites for hydroxylation is 1. The van der Waals surface area contributed by atoms with E-state index in [9.17, 15) is 4.79 Å². The maximum atomic E-state index is 12.7. The normalized spacial score (nSPS) is 17.8. The van der Waals surface area contributed by atoms with E-state index in [-0.39, 0.29) is 12.5 Å². The van der Waals surface area contributed by atoms with E-state index in [0.29, 0.717) is 34.7 Å². The molecular weight excluding hydrogens is 388 g/mol. The summed E-state index contributed by atoms with van der Waals surface area (Å²) in [4.78, 5) is 16.9. The number of carbonyl (C=O) groups excluding carboxylic acids is 1. The van der Waals surface area contributed by atoms with Crippen LogP contribution in [0.1, 0.15) is 18.6 Å². The molecule has 0 fully saturated rings. The van der Waals surface area contributed by atoms with Gasteiger partial charge in [0, 0.05) is 11.8 Å². The lowest BCUT2D eigenvalue weighted by Crippen LogP contribution is -2.48. The average molecular weight is 406 g/mol. The molecule has 4 heterocycles. The molecule has 0 saturated carbocycles. The third-order valence-electron chi connectivity index (χ3n) is 4.78. The van der Waals surface area contributed by atoms with Gasteiger partial charge in [-0.3, -0.25) is 9.20 Å². The van der Waals surface area contributed by atoms with Gasteiger partial charge in [-0.15, -0.1) is 10.2 Å². The second-order valence-corrected chi connectivity index (χ2v) is 6.93. The van der Waals surface area contributed by atoms with Gasteiger partial charge < -0.3 is 19.3 Å². The number of fused-ring (bicyclic) bond motifs is 2. The van der Waals surface area contributed by atoms with Crippen LogP contribution in [0.4, 0.5) is 0 Å². The van der Waals surface area contributed by atoms with Crippen molar-refractivity contribution in [3.8, 4) is 23.0 Å². The summed E-state index contributed by atoms with van der Waals surface area (Å²) >= 11 is 0. The number of nitrogens with one attached hydrogen (secondary N) is 1. The number of rotatable bonds is 4. The Morgan fingerprint density at radius 3 is 2.73 bits per heavy atom. The van der Waals surface area contributed by atoms with E-state index >= 15 is 0 Å². The first-order chi connectivity index (χ1) is 14.6. The molecule has 0 spiro atoms. The second kappa shape index (κ2) is 7.14. The first-order valence-corrected chi connectivity index (χ1v) is 9.43. The highest BCUT2D eigenvalue weighted by Gasteiger charge is 2.34. The first kappa shape index (κ1) is 18.1. The Labute approximate surface area is 170 Å². The van der Waals surface area contributed by atoms with Crippen molar-refractivity contribution >= 4 is 11.6 Å². The van der Waals surface area contributed by atoms with Crippen LogP contribution in [0.15, 0.2) is 47.1 Å². The monoisotopic (exact) mass is 406 g/mol. The van der Waals surface area contributed by atoms with Crippen molar-refractivity contribution in [2.75, 3.05) is 0 Å². The molecule has 30 heavy (non-hydrogen) atoms. The van der Waals surface area contributed by atoms with Gasteiger partial charge in [0.1, 0.15) is 6.10 Å². The number of amides is 1. The molecule has 1 aliphatic heterocycles. The summed E-state index contributed by atoms with van der Waals surface area (Å²) in [6, 6.07) is 10.9. The van der Waals surface area contributed by atoms with E-state index in [2.05, 4.69) is 25.7 Å². The molecule has 2 unspecified atom stereocenters. The van der Waals surface area contributed by atoms with Crippen LogP contribution < -0.4 is 14.8 Å². The van der Waals surface area contributed by atoms with Gasteiger partial charge in [0.25, 0.3) is 11.8 Å². The van der Waals surface area contributed by atoms with Gasteiger partial charge in [0.15, 0.2) is 28.8 Å². The zero-order valence-corrected chi connectivity index (χ0v) is 16.3. The second-order valence-electron chi connectivity index (χ2n) is 6.93. The van der Waals surface area contributed by atoms with Crippen LogP contribution in [-0.2, 0) is 11.3 Å². The van der Waals surface area contributed by atoms with Gasteiger partial charge in [-0.1, -0.05) is 17.3 Å². The van der Waals surface area contributed by atoms with Crippen molar-refractivity contribution in [3.05, 3.63) is 54.2 Å². The van der Waals surface area contributed by atoms with Crippen molar-refractivity contribution in [2.45, 2.75) is 32.6 Å². The summed E-state index contributed by atoms with van der Waals surface area (Å²) in [6.45, 7) is 3.74. The molecule has 0 bridgehead atoms. The van der Waals surface area contributed by atoms with Gasteiger partial charge in [0.2, 0.25) is 6.10 Å². The van der Waals surface area contributed by atoms with Crippen LogP contribution in [-0.4, -0.2) is 42.9 Å². The van der Waals surface area contributed by atoms with Crippen LogP contribution >= 0.6 is 0 Å². The minimum absolute atomic E-state index is 0.188. The molecule has 152 valence electrons. The summed E-state index contributed by atoms with van der Waals surface area (Å²) in [5.41, 5.74) is 1.35. The molecule has 2 atom stereocenters. The highest BCUT2D eigenvalue weighted by Crippen LogP contribution is 2.33. The van der Waals surface area contributed by atoms with Crippen molar-refractivity contribution < 1.29 is 18.8 Å². The lowest BCUT2D eigenvalue weighted by Gasteiger charge is -2.30. The standard InChI is InChI=1S/C20H18N6O4/c1-11-18(29-15-6-4-3-5-14(15)28-11)19(27)21-10-17-24-23-16-9-13(7-8-26(16)17)20-22-12(2)25-30-20/h3-9,11,18H,10H2,1-2H3,(H,21,27). The third-order valence-corrected chi connectivity index (χ3v) is 4.78. The summed E-state index contributed by atoms with van der Waals surface area (Å²) in [5, 5.41) is 15.0. The van der Waals surface area contributed by atoms with Crippen molar-refractivity contribution in [1.29, 1.82) is 0 Å². The first-order valence-electron chi connectivity index (χ1n) is 9.43. The number of pyridine rings is 1. The van der Waals surface area contributed by atoms with Gasteiger partial charge >= 0.3 is 0 Å². The Morgan fingerprint density at radius 2 is 1.97 bits per heavy atom. The number of carbonyl (C=O) groups is 1. The number of ether oxygens (including phenoxy) is 2. The predicted octanol–water partition coefficient (Wildman–Crippen LogP) is 1.93. The van der Waals surface area contributed by atoms with E-state index < -0.39 is 12.2 Å². The molecule has 1 aliphatic rings. The number of para-hydroxylation sites is 2. The molecule has 3 aromatic heterocycles. The van der Waals surface area contributed by atoms with E-state index in [1.165, 1.54) is 0 Å². The van der Waals surface area contributed by atoms with Crippen LogP contribution in [0.5, 0.6) is 11.5 Å². The molecule has 4 aromatic rings. The van der Waals surface area contributed by atoms with Crippen LogP contribution in [0.3, 0.4) is 0 Å². The highest BCUT2D eigenvalue weighted by atomic mass is 16.6. The van der Waals surface area contributed by atoms with Crippen LogP contribution in [0, 0.1) is 6.92 Å². The van der Waals surface area contributed by atoms with Crippen LogP contribution in [0.2, 0.25) is 0 Å². The summed E-state index contributed by atoms with van der Waals surface area (Å²) in [7, 11) is 0. The molecule has 1 aromatic carbocycles. The third kappa shape index (κ3) is 3.21. The predicted molar refractivity (Wildman–Crippen MR) is 104 cm³/mol. The van der Waals surface area contributed by atoms with E-state index in [1.807, 2.05) is 24.3 Å². The lowest BCUT2D eigenvalue weighted by molar-refractivity contribution is -0.133. The molecule has 10 heteroatoms. The Hall–Kier alpha value is -3.95. The lowest BCUT2D eigenvalue weighted by atomic mass is 10.1. The highest BCUT2D eigenvalue weighted by molar-refractivity contribution is 5.82. The summed E-state index contributed by atoms with van der Waals surface area (Å²) < 4.78 is 18.6. The van der Waals surface area contributed by atoms with Crippen molar-refractivity contribution in [1.82, 2.24) is 30.1 Å². The average Bonchev–Trinajstić information content (AvgIpc) is 3.37. The summed E-state index contributed by atoms with van der Waals surface area (Å²) in [5.74, 6) is 2.44. The maximum absolute atomic E-state index is 12.7. The number of benzene rings is 1. The molecule has 1 amide bonds. The fourth-order valence-electron chi connectivity index (χ4n) is 3.28. The quantitative estimate of drug-likeness (QED) is 0.546. The Morgan fingerprint density at radius 1 is 1.17 bits per heavy atom. The van der Waals surface area contributed by atoms with Gasteiger partial charge in [-0.05, 0) is 38.1 Å². The number of hydrogen-bond donors (Lipinski definition) is 1. The topological polar surface area (TPSA) is 117 Å². The summed E-state index contributed by atoms with van der Waals surface area (Å²) in [6.07, 6.45) is 0.618. The molecule has 0 aliphatic carbocycles. The van der Waals surface area contributed by atoms with Crippen LogP contribution in [0.25, 0.3) is 17.1 Å². The van der Waals surface area contributed by atoms with Gasteiger partial charge in [0.05, 0.1) is 6.54 Å². The van der Waals surface area contributed by atoms with Gasteiger partial charge in [-0.25, -0.2) is 0 Å². The Balaban J connectivity index is 1.30. The fraction of sp³-hybridized carbons (Fsp3) is 0.250. The Bertz CT molecular complexity index is 1230. The molecule has 0 radical (unpaired) electrons. The molecule has 1 N–H and O–H groups in total. The fourth-order valence-corrected chi connectivity index (χ4v) is 3.28. The SMILES string of the molecule is Cc1noc(-c2ccn3c(CNC(=O)C4Oc5ccccc5OC4C)nnc3c2)n1. The molecule has 0 saturated heterocycles.